The van der Waals surface area contributed by atoms with Gasteiger partial charge >= 0.3 is 0 Å². The van der Waals surface area contributed by atoms with E-state index < -0.39 is 17.4 Å². The molecule has 154 valence electrons. The van der Waals surface area contributed by atoms with Crippen LogP contribution >= 0.6 is 35.8 Å². The molecule has 30 heavy (non-hydrogen) atoms. The average Bonchev–Trinajstić information content (AvgIpc) is 3.28. The summed E-state index contributed by atoms with van der Waals surface area (Å²) in [4.78, 5) is 31.5. The fraction of sp³-hybridized carbons (Fsp3) is 0.227. The third kappa shape index (κ3) is 3.41. The van der Waals surface area contributed by atoms with E-state index in [4.69, 9.17) is 16.3 Å². The fourth-order valence-electron chi connectivity index (χ4n) is 3.84. The SMILES string of the molecule is CCOc1cccc(C2(c3ccsc3)CC(=O)C(c3ccccc3Cl)C(=O)N2S)n1. The predicted octanol–water partition coefficient (Wildman–Crippen LogP) is 4.87. The summed E-state index contributed by atoms with van der Waals surface area (Å²) in [5, 5.41) is 4.19. The summed E-state index contributed by atoms with van der Waals surface area (Å²) >= 11 is 12.4. The van der Waals surface area contributed by atoms with Crippen LogP contribution in [-0.4, -0.2) is 27.6 Å². The van der Waals surface area contributed by atoms with Gasteiger partial charge in [0.05, 0.1) is 12.3 Å². The molecule has 1 fully saturated rings. The van der Waals surface area contributed by atoms with Gasteiger partial charge in [-0.15, -0.1) is 0 Å². The number of ether oxygens (including phenoxy) is 1. The normalized spacial score (nSPS) is 21.7. The van der Waals surface area contributed by atoms with Crippen molar-refractivity contribution >= 4 is 47.4 Å². The molecule has 1 amide bonds. The molecule has 3 heterocycles. The zero-order valence-electron chi connectivity index (χ0n) is 16.1. The van der Waals surface area contributed by atoms with Crippen LogP contribution in [0.15, 0.2) is 59.3 Å². The lowest BCUT2D eigenvalue weighted by molar-refractivity contribution is -0.142. The van der Waals surface area contributed by atoms with E-state index in [1.807, 2.05) is 23.8 Å². The number of aromatic nitrogens is 1. The van der Waals surface area contributed by atoms with E-state index in [1.165, 1.54) is 15.6 Å². The van der Waals surface area contributed by atoms with E-state index in [0.717, 1.165) is 5.56 Å². The van der Waals surface area contributed by atoms with Gasteiger partial charge in [0.2, 0.25) is 11.8 Å². The van der Waals surface area contributed by atoms with Crippen LogP contribution in [0.1, 0.15) is 36.1 Å². The van der Waals surface area contributed by atoms with Crippen molar-refractivity contribution < 1.29 is 14.3 Å². The number of carbonyl (C=O) groups excluding carboxylic acids is 2. The van der Waals surface area contributed by atoms with Crippen LogP contribution in [0.3, 0.4) is 0 Å². The van der Waals surface area contributed by atoms with E-state index in [0.29, 0.717) is 28.8 Å². The number of benzene rings is 1. The standard InChI is InChI=1S/C22H19ClN2O3S2/c1-2-28-19-9-5-8-18(24-19)22(14-10-11-30-13-14)12-17(26)20(21(27)25(22)29)15-6-3-4-7-16(15)23/h3-11,13,20,29H,2,12H2,1H3. The molecule has 0 spiro atoms. The Labute approximate surface area is 189 Å². The Kier molecular flexibility index (Phi) is 5.86. The summed E-state index contributed by atoms with van der Waals surface area (Å²) in [6.07, 6.45) is 0.0252. The zero-order chi connectivity index (χ0) is 21.3. The first-order chi connectivity index (χ1) is 14.5. The van der Waals surface area contributed by atoms with Crippen molar-refractivity contribution in [1.29, 1.82) is 0 Å². The molecular formula is C22H19ClN2O3S2. The van der Waals surface area contributed by atoms with Gasteiger partial charge in [0.25, 0.3) is 0 Å². The van der Waals surface area contributed by atoms with Gasteiger partial charge in [-0.2, -0.15) is 11.3 Å². The van der Waals surface area contributed by atoms with Crippen molar-refractivity contribution in [3.63, 3.8) is 0 Å². The first-order valence-electron chi connectivity index (χ1n) is 9.42. The lowest BCUT2D eigenvalue weighted by Crippen LogP contribution is -2.54. The molecular weight excluding hydrogens is 440 g/mol. The average molecular weight is 459 g/mol. The quantitative estimate of drug-likeness (QED) is 0.437. The first-order valence-corrected chi connectivity index (χ1v) is 11.1. The summed E-state index contributed by atoms with van der Waals surface area (Å²) in [5.74, 6) is -1.23. The number of nitrogens with zero attached hydrogens (tertiary/aromatic N) is 2. The molecule has 8 heteroatoms. The van der Waals surface area contributed by atoms with Gasteiger partial charge in [-0.05, 0) is 47.0 Å². The number of Topliss-reactive ketones (excluding diaryl/α,β-unsaturated/α-hetero) is 1. The van der Waals surface area contributed by atoms with Crippen LogP contribution < -0.4 is 4.74 Å². The smallest absolute Gasteiger partial charge is 0.248 e. The molecule has 0 aliphatic carbocycles. The lowest BCUT2D eigenvalue weighted by atomic mass is 9.75. The number of ketones is 1. The number of pyridine rings is 1. The number of piperidine rings is 1. The molecule has 1 aliphatic rings. The number of thiophene rings is 1. The maximum absolute atomic E-state index is 13.5. The highest BCUT2D eigenvalue weighted by atomic mass is 35.5. The van der Waals surface area contributed by atoms with Gasteiger partial charge in [-0.1, -0.05) is 48.7 Å². The van der Waals surface area contributed by atoms with Crippen LogP contribution in [0.25, 0.3) is 0 Å². The molecule has 3 aromatic rings. The van der Waals surface area contributed by atoms with Crippen LogP contribution in [-0.2, 0) is 15.1 Å². The number of thiol groups is 1. The van der Waals surface area contributed by atoms with Crippen molar-refractivity contribution in [3.05, 3.63) is 81.1 Å². The molecule has 2 atom stereocenters. The monoisotopic (exact) mass is 458 g/mol. The number of hydrogen-bond donors (Lipinski definition) is 1. The maximum atomic E-state index is 13.5. The summed E-state index contributed by atoms with van der Waals surface area (Å²) < 4.78 is 6.89. The van der Waals surface area contributed by atoms with Gasteiger partial charge < -0.3 is 4.74 Å². The van der Waals surface area contributed by atoms with Gasteiger partial charge in [-0.25, -0.2) is 4.98 Å². The Hall–Kier alpha value is -2.35. The van der Waals surface area contributed by atoms with E-state index in [1.54, 1.807) is 42.5 Å². The van der Waals surface area contributed by atoms with Crippen molar-refractivity contribution in [3.8, 4) is 5.88 Å². The van der Waals surface area contributed by atoms with E-state index >= 15 is 0 Å². The Balaban J connectivity index is 1.85. The number of halogens is 1. The molecule has 4 rings (SSSR count). The minimum atomic E-state index is -1.14. The number of amides is 1. The highest BCUT2D eigenvalue weighted by Crippen LogP contribution is 2.48. The van der Waals surface area contributed by atoms with Crippen LogP contribution in [0, 0.1) is 0 Å². The summed E-state index contributed by atoms with van der Waals surface area (Å²) in [7, 11) is 0. The Morgan fingerprint density at radius 1 is 1.23 bits per heavy atom. The Morgan fingerprint density at radius 2 is 2.03 bits per heavy atom. The minimum Gasteiger partial charge on any atom is -0.478 e. The lowest BCUT2D eigenvalue weighted by Gasteiger charge is -2.45. The number of rotatable bonds is 5. The van der Waals surface area contributed by atoms with Crippen molar-refractivity contribution in [2.45, 2.75) is 24.8 Å². The van der Waals surface area contributed by atoms with Crippen LogP contribution in [0.2, 0.25) is 5.02 Å². The van der Waals surface area contributed by atoms with Crippen LogP contribution in [0.5, 0.6) is 5.88 Å². The van der Waals surface area contributed by atoms with Gasteiger partial charge in [0.1, 0.15) is 11.5 Å². The van der Waals surface area contributed by atoms with E-state index in [-0.39, 0.29) is 12.2 Å². The summed E-state index contributed by atoms with van der Waals surface area (Å²) in [6.45, 7) is 2.33. The topological polar surface area (TPSA) is 59.5 Å². The summed E-state index contributed by atoms with van der Waals surface area (Å²) in [6, 6.07) is 14.1. The molecule has 1 saturated heterocycles. The maximum Gasteiger partial charge on any atom is 0.248 e. The third-order valence-electron chi connectivity index (χ3n) is 5.22. The van der Waals surface area contributed by atoms with Crippen molar-refractivity contribution in [1.82, 2.24) is 9.29 Å². The second kappa shape index (κ2) is 8.41. The molecule has 0 N–H and O–H groups in total. The first kappa shape index (κ1) is 20.9. The van der Waals surface area contributed by atoms with Crippen molar-refractivity contribution in [2.75, 3.05) is 6.61 Å². The third-order valence-corrected chi connectivity index (χ3v) is 6.79. The van der Waals surface area contributed by atoms with Crippen molar-refractivity contribution in [2.24, 2.45) is 0 Å². The second-order valence-electron chi connectivity index (χ2n) is 6.91. The largest absolute Gasteiger partial charge is 0.478 e. The molecule has 2 aromatic heterocycles. The number of carbonyl (C=O) groups is 2. The molecule has 1 aliphatic heterocycles. The molecule has 0 saturated carbocycles. The fourth-order valence-corrected chi connectivity index (χ4v) is 5.21. The van der Waals surface area contributed by atoms with Gasteiger partial charge in [0, 0.05) is 17.5 Å². The number of hydrogen-bond acceptors (Lipinski definition) is 6. The summed E-state index contributed by atoms with van der Waals surface area (Å²) in [5.41, 5.74) is 0.662. The van der Waals surface area contributed by atoms with E-state index in [2.05, 4.69) is 17.8 Å². The minimum absolute atomic E-state index is 0.0252. The van der Waals surface area contributed by atoms with Gasteiger partial charge in [-0.3, -0.25) is 13.9 Å². The highest BCUT2D eigenvalue weighted by molar-refractivity contribution is 7.78. The van der Waals surface area contributed by atoms with Crippen LogP contribution in [0.4, 0.5) is 0 Å². The molecule has 5 nitrogen and oxygen atoms in total. The molecule has 1 aromatic carbocycles. The molecule has 2 unspecified atom stereocenters. The zero-order valence-corrected chi connectivity index (χ0v) is 18.6. The Morgan fingerprint density at radius 3 is 2.73 bits per heavy atom. The molecule has 0 radical (unpaired) electrons. The Bertz CT molecular complexity index is 1090. The highest BCUT2D eigenvalue weighted by Gasteiger charge is 2.53. The predicted molar refractivity (Wildman–Crippen MR) is 120 cm³/mol. The second-order valence-corrected chi connectivity index (χ2v) is 8.50. The van der Waals surface area contributed by atoms with Gasteiger partial charge in [0.15, 0.2) is 5.78 Å². The molecule has 0 bridgehead atoms. The van der Waals surface area contributed by atoms with E-state index in [9.17, 15) is 9.59 Å².